The normalized spacial score (nSPS) is 30.1. The maximum Gasteiger partial charge on any atom is 0.293 e. The molecule has 0 bridgehead atoms. The monoisotopic (exact) mass is 434 g/mol. The molecule has 8 heteroatoms. The maximum absolute atomic E-state index is 14.7. The molecule has 0 radical (unpaired) electrons. The standard InChI is InChI=1S/C19H20BrFN4O2/c1-3-7-26-19(27-8-4-2)18(11-23)15(17(18,10-22)16(24)25-19)13-9-12(20)5-6-14(13)21/h5-6,9,15H,3-4,7-8H2,1-2H3,(H2,24,25). The highest BCUT2D eigenvalue weighted by Crippen LogP contribution is 2.82. The Morgan fingerprint density at radius 1 is 1.22 bits per heavy atom. The molecule has 3 atom stereocenters. The molecule has 1 aromatic carbocycles. The number of nitrogens with two attached hydrogens (primary N) is 1. The van der Waals surface area contributed by atoms with Gasteiger partial charge in [0.2, 0.25) is 0 Å². The van der Waals surface area contributed by atoms with Crippen LogP contribution in [0.25, 0.3) is 0 Å². The Bertz CT molecular complexity index is 869. The lowest BCUT2D eigenvalue weighted by molar-refractivity contribution is -0.259. The Morgan fingerprint density at radius 2 is 1.85 bits per heavy atom. The van der Waals surface area contributed by atoms with Crippen LogP contribution in [-0.2, 0) is 9.47 Å². The number of nitrogens with zero attached hydrogens (tertiary/aromatic N) is 3. The van der Waals surface area contributed by atoms with Crippen LogP contribution in [0, 0.1) is 39.3 Å². The summed E-state index contributed by atoms with van der Waals surface area (Å²) >= 11 is 3.32. The summed E-state index contributed by atoms with van der Waals surface area (Å²) in [5.41, 5.74) is 3.31. The van der Waals surface area contributed by atoms with Crippen LogP contribution in [0.4, 0.5) is 4.39 Å². The number of fused-ring (bicyclic) bond motifs is 1. The lowest BCUT2D eigenvalue weighted by Gasteiger charge is -2.32. The summed E-state index contributed by atoms with van der Waals surface area (Å²) in [6, 6.07) is 8.74. The van der Waals surface area contributed by atoms with Crippen molar-refractivity contribution in [3.05, 3.63) is 34.1 Å². The van der Waals surface area contributed by atoms with Gasteiger partial charge in [-0.1, -0.05) is 29.8 Å². The van der Waals surface area contributed by atoms with Gasteiger partial charge in [0.05, 0.1) is 25.4 Å². The smallest absolute Gasteiger partial charge is 0.293 e. The molecule has 6 nitrogen and oxygen atoms in total. The number of rotatable bonds is 7. The molecule has 142 valence electrons. The molecule has 2 N–H and O–H groups in total. The molecule has 0 aromatic heterocycles. The predicted octanol–water partition coefficient (Wildman–Crippen LogP) is 3.58. The first-order chi connectivity index (χ1) is 12.9. The zero-order valence-corrected chi connectivity index (χ0v) is 16.7. The summed E-state index contributed by atoms with van der Waals surface area (Å²) in [7, 11) is 0. The molecule has 1 heterocycles. The Labute approximate surface area is 165 Å². The second-order valence-electron chi connectivity index (χ2n) is 6.71. The van der Waals surface area contributed by atoms with Crippen LogP contribution in [0.1, 0.15) is 38.2 Å². The Hall–Kier alpha value is -2.00. The van der Waals surface area contributed by atoms with Gasteiger partial charge in [-0.2, -0.15) is 10.5 Å². The van der Waals surface area contributed by atoms with Crippen molar-refractivity contribution in [1.29, 1.82) is 10.5 Å². The minimum Gasteiger partial charge on any atom is -0.386 e. The van der Waals surface area contributed by atoms with Gasteiger partial charge in [0, 0.05) is 10.4 Å². The molecule has 27 heavy (non-hydrogen) atoms. The van der Waals surface area contributed by atoms with Crippen LogP contribution in [0.2, 0.25) is 0 Å². The summed E-state index contributed by atoms with van der Waals surface area (Å²) in [5, 5.41) is 20.2. The van der Waals surface area contributed by atoms with E-state index < -0.39 is 28.5 Å². The summed E-state index contributed by atoms with van der Waals surface area (Å²) in [4.78, 5) is 4.31. The van der Waals surface area contributed by atoms with Crippen LogP contribution >= 0.6 is 15.9 Å². The summed E-state index contributed by atoms with van der Waals surface area (Å²) in [5.74, 6) is -3.14. The van der Waals surface area contributed by atoms with Gasteiger partial charge in [-0.25, -0.2) is 9.38 Å². The Kier molecular flexibility index (Phi) is 5.02. The van der Waals surface area contributed by atoms with Crippen molar-refractivity contribution in [1.82, 2.24) is 0 Å². The quantitative estimate of drug-likeness (QED) is 0.660. The number of halogens is 2. The molecule has 0 spiro atoms. The first-order valence-electron chi connectivity index (χ1n) is 8.81. The van der Waals surface area contributed by atoms with Crippen molar-refractivity contribution in [2.45, 2.75) is 38.5 Å². The fraction of sp³-hybridized carbons (Fsp3) is 0.526. The minimum absolute atomic E-state index is 0.0527. The van der Waals surface area contributed by atoms with E-state index in [2.05, 4.69) is 33.1 Å². The van der Waals surface area contributed by atoms with Gasteiger partial charge < -0.3 is 15.2 Å². The van der Waals surface area contributed by atoms with Crippen LogP contribution in [0.3, 0.4) is 0 Å². The van der Waals surface area contributed by atoms with Gasteiger partial charge in [0.25, 0.3) is 5.91 Å². The number of hydrogen-bond donors (Lipinski definition) is 1. The molecule has 3 rings (SSSR count). The van der Waals surface area contributed by atoms with Crippen LogP contribution in [0.5, 0.6) is 0 Å². The van der Waals surface area contributed by atoms with E-state index in [1.807, 2.05) is 13.8 Å². The summed E-state index contributed by atoms with van der Waals surface area (Å²) in [6.45, 7) is 4.34. The molecular formula is C19H20BrFN4O2. The van der Waals surface area contributed by atoms with E-state index in [9.17, 15) is 14.9 Å². The van der Waals surface area contributed by atoms with Crippen molar-refractivity contribution in [2.75, 3.05) is 13.2 Å². The van der Waals surface area contributed by atoms with E-state index in [0.29, 0.717) is 17.3 Å². The number of benzene rings is 1. The lowest BCUT2D eigenvalue weighted by atomic mass is 9.93. The first kappa shape index (κ1) is 19.8. The fourth-order valence-electron chi connectivity index (χ4n) is 4.04. The molecule has 1 aromatic rings. The van der Waals surface area contributed by atoms with Gasteiger partial charge >= 0.3 is 0 Å². The third-order valence-corrected chi connectivity index (χ3v) is 5.69. The van der Waals surface area contributed by atoms with Crippen LogP contribution in [-0.4, -0.2) is 25.0 Å². The van der Waals surface area contributed by atoms with Crippen LogP contribution < -0.4 is 5.73 Å². The highest BCUT2D eigenvalue weighted by Gasteiger charge is 2.94. The highest BCUT2D eigenvalue weighted by molar-refractivity contribution is 9.10. The third kappa shape index (κ3) is 2.37. The van der Waals surface area contributed by atoms with Crippen molar-refractivity contribution >= 4 is 21.8 Å². The van der Waals surface area contributed by atoms with Gasteiger partial charge in [-0.15, -0.1) is 0 Å². The van der Waals surface area contributed by atoms with E-state index in [1.54, 1.807) is 12.1 Å². The second kappa shape index (κ2) is 6.87. The van der Waals surface area contributed by atoms with E-state index in [1.165, 1.54) is 6.07 Å². The maximum atomic E-state index is 14.7. The number of hydrogen-bond acceptors (Lipinski definition) is 6. The lowest BCUT2D eigenvalue weighted by Crippen LogP contribution is -2.44. The molecule has 0 saturated heterocycles. The van der Waals surface area contributed by atoms with Crippen molar-refractivity contribution in [3.8, 4) is 12.1 Å². The molecular weight excluding hydrogens is 415 g/mol. The molecule has 0 amide bonds. The van der Waals surface area contributed by atoms with Crippen molar-refractivity contribution in [2.24, 2.45) is 21.6 Å². The largest absolute Gasteiger partial charge is 0.386 e. The number of aliphatic imine (C=N–C) groups is 1. The van der Waals surface area contributed by atoms with Gasteiger partial charge in [-0.3, -0.25) is 0 Å². The summed E-state index contributed by atoms with van der Waals surface area (Å²) < 4.78 is 27.1. The third-order valence-electron chi connectivity index (χ3n) is 5.20. The molecule has 1 aliphatic heterocycles. The van der Waals surface area contributed by atoms with E-state index in [0.717, 1.165) is 0 Å². The minimum atomic E-state index is -1.73. The number of ether oxygens (including phenoxy) is 2. The van der Waals surface area contributed by atoms with Gasteiger partial charge in [-0.05, 0) is 36.6 Å². The van der Waals surface area contributed by atoms with Gasteiger partial charge in [0.15, 0.2) is 5.41 Å². The molecule has 1 saturated carbocycles. The van der Waals surface area contributed by atoms with Gasteiger partial charge in [0.1, 0.15) is 17.1 Å². The van der Waals surface area contributed by atoms with Crippen molar-refractivity contribution < 1.29 is 13.9 Å². The second-order valence-corrected chi connectivity index (χ2v) is 7.63. The van der Waals surface area contributed by atoms with E-state index in [4.69, 9.17) is 15.2 Å². The zero-order valence-electron chi connectivity index (χ0n) is 15.1. The average molecular weight is 435 g/mol. The fourth-order valence-corrected chi connectivity index (χ4v) is 4.42. The molecule has 1 aliphatic carbocycles. The number of nitriles is 2. The molecule has 2 aliphatic rings. The first-order valence-corrected chi connectivity index (χ1v) is 9.61. The number of amidine groups is 1. The molecule has 1 fully saturated rings. The highest BCUT2D eigenvalue weighted by atomic mass is 79.9. The molecule has 3 unspecified atom stereocenters. The summed E-state index contributed by atoms with van der Waals surface area (Å²) in [6.07, 6.45) is 1.31. The van der Waals surface area contributed by atoms with Crippen molar-refractivity contribution in [3.63, 3.8) is 0 Å². The Morgan fingerprint density at radius 3 is 2.37 bits per heavy atom. The van der Waals surface area contributed by atoms with E-state index in [-0.39, 0.29) is 24.6 Å². The topological polar surface area (TPSA) is 104 Å². The van der Waals surface area contributed by atoms with Crippen LogP contribution in [0.15, 0.2) is 27.7 Å². The zero-order chi connectivity index (χ0) is 19.9. The SMILES string of the molecule is CCCOC1(OCCC)N=C(N)C2(C#N)C(c3cc(Br)ccc3F)C12C#N. The van der Waals surface area contributed by atoms with E-state index >= 15 is 0 Å². The predicted molar refractivity (Wildman–Crippen MR) is 99.8 cm³/mol. The average Bonchev–Trinajstić information content (AvgIpc) is 3.24. The Balaban J connectivity index is 2.21.